The number of hydrogen-bond donors (Lipinski definition) is 2. The van der Waals surface area contributed by atoms with Crippen molar-refractivity contribution in [1.82, 2.24) is 30.2 Å². The van der Waals surface area contributed by atoms with Gasteiger partial charge in [-0.25, -0.2) is 22.6 Å². The van der Waals surface area contributed by atoms with E-state index in [1.807, 2.05) is 19.9 Å². The molecule has 1 unspecified atom stereocenters. The molecule has 0 radical (unpaired) electrons. The van der Waals surface area contributed by atoms with Crippen LogP contribution in [0.4, 0.5) is 4.79 Å². The Bertz CT molecular complexity index is 1130. The second kappa shape index (κ2) is 8.45. The highest BCUT2D eigenvalue weighted by Gasteiger charge is 2.30. The summed E-state index contributed by atoms with van der Waals surface area (Å²) in [5, 5.41) is 14.7. The third kappa shape index (κ3) is 4.97. The topological polar surface area (TPSA) is 128 Å². The second-order valence-electron chi connectivity index (χ2n) is 8.54. The van der Waals surface area contributed by atoms with Gasteiger partial charge in [0, 0.05) is 23.8 Å². The van der Waals surface area contributed by atoms with Crippen molar-refractivity contribution < 1.29 is 13.2 Å². The van der Waals surface area contributed by atoms with E-state index < -0.39 is 9.84 Å². The molecule has 2 aromatic heterocycles. The Morgan fingerprint density at radius 2 is 1.74 bits per heavy atom. The maximum Gasteiger partial charge on any atom is 0.315 e. The summed E-state index contributed by atoms with van der Waals surface area (Å²) in [6, 6.07) is 4.47. The molecule has 4 rings (SSSR count). The van der Waals surface area contributed by atoms with Crippen molar-refractivity contribution in [1.29, 1.82) is 0 Å². The lowest BCUT2D eigenvalue weighted by Gasteiger charge is -2.30. The zero-order valence-electron chi connectivity index (χ0n) is 17.7. The molecule has 11 heteroatoms. The van der Waals surface area contributed by atoms with Crippen molar-refractivity contribution in [2.45, 2.75) is 64.1 Å². The lowest BCUT2D eigenvalue weighted by molar-refractivity contribution is 0.222. The molecule has 0 aromatic carbocycles. The third-order valence-electron chi connectivity index (χ3n) is 5.98. The zero-order chi connectivity index (χ0) is 22.2. The molecule has 2 amide bonds. The van der Waals surface area contributed by atoms with Gasteiger partial charge < -0.3 is 10.6 Å². The Morgan fingerprint density at radius 1 is 1.03 bits per heavy atom. The summed E-state index contributed by atoms with van der Waals surface area (Å²) in [4.78, 5) is 24.7. The van der Waals surface area contributed by atoms with Crippen molar-refractivity contribution in [3.05, 3.63) is 39.9 Å². The van der Waals surface area contributed by atoms with Crippen LogP contribution in [-0.4, -0.2) is 57.6 Å². The van der Waals surface area contributed by atoms with Crippen LogP contribution in [-0.2, 0) is 9.84 Å². The molecular formula is C20H28N6O4S. The van der Waals surface area contributed by atoms with Crippen LogP contribution in [0.5, 0.6) is 0 Å². The van der Waals surface area contributed by atoms with E-state index in [-0.39, 0.29) is 41.2 Å². The molecule has 0 bridgehead atoms. The molecule has 168 valence electrons. The highest BCUT2D eigenvalue weighted by Crippen LogP contribution is 2.27. The van der Waals surface area contributed by atoms with Crippen molar-refractivity contribution >= 4 is 15.9 Å². The summed E-state index contributed by atoms with van der Waals surface area (Å²) >= 11 is 0. The predicted octanol–water partition coefficient (Wildman–Crippen LogP) is 1.02. The lowest BCUT2D eigenvalue weighted by Crippen LogP contribution is -2.48. The van der Waals surface area contributed by atoms with Crippen molar-refractivity contribution in [2.75, 3.05) is 11.5 Å². The molecule has 0 spiro atoms. The summed E-state index contributed by atoms with van der Waals surface area (Å²) < 4.78 is 26.3. The van der Waals surface area contributed by atoms with E-state index in [9.17, 15) is 18.0 Å². The van der Waals surface area contributed by atoms with Gasteiger partial charge in [0.2, 0.25) is 0 Å². The SMILES string of the molecule is Cc1cc(C)n(-c2ccc(=O)n(C3CCC(NC(=O)NC4CCS(=O)(=O)C4)CC3)n2)n1. The first-order valence-corrected chi connectivity index (χ1v) is 12.4. The molecule has 2 aliphatic rings. The first kappa shape index (κ1) is 21.5. The maximum atomic E-state index is 12.4. The molecule has 2 fully saturated rings. The van der Waals surface area contributed by atoms with Gasteiger partial charge in [-0.1, -0.05) is 0 Å². The van der Waals surface area contributed by atoms with E-state index in [4.69, 9.17) is 0 Å². The van der Waals surface area contributed by atoms with E-state index in [1.54, 1.807) is 10.7 Å². The van der Waals surface area contributed by atoms with Gasteiger partial charge in [0.15, 0.2) is 15.7 Å². The van der Waals surface area contributed by atoms with Gasteiger partial charge in [-0.05, 0) is 58.1 Å². The van der Waals surface area contributed by atoms with Gasteiger partial charge in [0.05, 0.1) is 23.2 Å². The van der Waals surface area contributed by atoms with Crippen LogP contribution in [0.15, 0.2) is 23.0 Å². The number of urea groups is 1. The average Bonchev–Trinajstić information content (AvgIpc) is 3.22. The first-order valence-electron chi connectivity index (χ1n) is 10.6. The number of hydrogen-bond acceptors (Lipinski definition) is 6. The minimum Gasteiger partial charge on any atom is -0.335 e. The highest BCUT2D eigenvalue weighted by atomic mass is 32.2. The van der Waals surface area contributed by atoms with Crippen LogP contribution in [0.2, 0.25) is 0 Å². The Morgan fingerprint density at radius 3 is 2.35 bits per heavy atom. The minimum absolute atomic E-state index is 0.00728. The van der Waals surface area contributed by atoms with Crippen molar-refractivity contribution in [2.24, 2.45) is 0 Å². The van der Waals surface area contributed by atoms with Crippen LogP contribution < -0.4 is 16.2 Å². The second-order valence-corrected chi connectivity index (χ2v) is 10.8. The molecule has 1 aliphatic carbocycles. The van der Waals surface area contributed by atoms with E-state index in [1.165, 1.54) is 10.7 Å². The number of aromatic nitrogens is 4. The molecule has 1 aliphatic heterocycles. The van der Waals surface area contributed by atoms with Gasteiger partial charge in [0.25, 0.3) is 5.56 Å². The highest BCUT2D eigenvalue weighted by molar-refractivity contribution is 7.91. The van der Waals surface area contributed by atoms with E-state index in [2.05, 4.69) is 20.8 Å². The van der Waals surface area contributed by atoms with Crippen molar-refractivity contribution in [3.8, 4) is 5.82 Å². The maximum absolute atomic E-state index is 12.4. The smallest absolute Gasteiger partial charge is 0.315 e. The Balaban J connectivity index is 1.35. The molecule has 1 saturated carbocycles. The lowest BCUT2D eigenvalue weighted by atomic mass is 9.91. The quantitative estimate of drug-likeness (QED) is 0.719. The predicted molar refractivity (Wildman–Crippen MR) is 115 cm³/mol. The summed E-state index contributed by atoms with van der Waals surface area (Å²) in [5.74, 6) is 0.741. The average molecular weight is 449 g/mol. The Labute approximate surface area is 180 Å². The summed E-state index contributed by atoms with van der Waals surface area (Å²) in [7, 11) is -3.03. The molecule has 10 nitrogen and oxygen atoms in total. The van der Waals surface area contributed by atoms with E-state index >= 15 is 0 Å². The third-order valence-corrected chi connectivity index (χ3v) is 7.75. The number of nitrogens with one attached hydrogen (secondary N) is 2. The Hall–Kier alpha value is -2.69. The number of carbonyl (C=O) groups is 1. The molecule has 3 heterocycles. The van der Waals surface area contributed by atoms with Crippen LogP contribution in [0.3, 0.4) is 0 Å². The standard InChI is InChI=1S/C20H28N6O4S/c1-13-11-14(2)25(23-13)18-7-8-19(27)26(24-18)17-5-3-15(4-6-17)21-20(28)22-16-9-10-31(29,30)12-16/h7-8,11,15-17H,3-6,9-10,12H2,1-2H3,(H2,21,22,28). The molecule has 2 aromatic rings. The summed E-state index contributed by atoms with van der Waals surface area (Å²) in [5.41, 5.74) is 1.68. The van der Waals surface area contributed by atoms with Crippen LogP contribution >= 0.6 is 0 Å². The number of sulfone groups is 1. The minimum atomic E-state index is -3.03. The first-order chi connectivity index (χ1) is 14.7. The van der Waals surface area contributed by atoms with E-state index in [0.29, 0.717) is 12.2 Å². The molecular weight excluding hydrogens is 420 g/mol. The van der Waals surface area contributed by atoms with Crippen LogP contribution in [0.1, 0.15) is 49.5 Å². The van der Waals surface area contributed by atoms with E-state index in [0.717, 1.165) is 37.1 Å². The van der Waals surface area contributed by atoms with Crippen LogP contribution in [0.25, 0.3) is 5.82 Å². The van der Waals surface area contributed by atoms with Gasteiger partial charge in [-0.15, -0.1) is 5.10 Å². The van der Waals surface area contributed by atoms with Gasteiger partial charge in [-0.3, -0.25) is 4.79 Å². The molecule has 1 saturated heterocycles. The number of amides is 2. The fourth-order valence-corrected chi connectivity index (χ4v) is 6.11. The monoisotopic (exact) mass is 448 g/mol. The molecule has 31 heavy (non-hydrogen) atoms. The largest absolute Gasteiger partial charge is 0.335 e. The fraction of sp³-hybridized carbons (Fsp3) is 0.600. The number of carbonyl (C=O) groups excluding carboxylic acids is 1. The zero-order valence-corrected chi connectivity index (χ0v) is 18.6. The summed E-state index contributed by atoms with van der Waals surface area (Å²) in [6.45, 7) is 3.86. The number of nitrogens with zero attached hydrogens (tertiary/aromatic N) is 4. The normalized spacial score (nSPS) is 25.3. The van der Waals surface area contributed by atoms with Crippen molar-refractivity contribution in [3.63, 3.8) is 0 Å². The fourth-order valence-electron chi connectivity index (χ4n) is 4.44. The summed E-state index contributed by atoms with van der Waals surface area (Å²) in [6.07, 6.45) is 3.34. The molecule has 1 atom stereocenters. The number of aryl methyl sites for hydroxylation is 2. The number of rotatable bonds is 4. The van der Waals surface area contributed by atoms with Gasteiger partial charge in [-0.2, -0.15) is 5.10 Å². The Kier molecular flexibility index (Phi) is 5.87. The molecule has 2 N–H and O–H groups in total. The van der Waals surface area contributed by atoms with Gasteiger partial charge >= 0.3 is 6.03 Å². The van der Waals surface area contributed by atoms with Crippen LogP contribution in [0, 0.1) is 13.8 Å². The van der Waals surface area contributed by atoms with Gasteiger partial charge in [0.1, 0.15) is 0 Å².